The van der Waals surface area contributed by atoms with Gasteiger partial charge in [0.2, 0.25) is 0 Å². The molecule has 0 radical (unpaired) electrons. The zero-order valence-electron chi connectivity index (χ0n) is 19.6. The number of halogens is 1. The number of benzene rings is 2. The van der Waals surface area contributed by atoms with Crippen LogP contribution in [0.3, 0.4) is 0 Å². The highest BCUT2D eigenvalue weighted by Gasteiger charge is 2.32. The third-order valence-corrected chi connectivity index (χ3v) is 6.46. The van der Waals surface area contributed by atoms with Gasteiger partial charge in [-0.1, -0.05) is 49.0 Å². The Morgan fingerprint density at radius 3 is 2.53 bits per heavy atom. The van der Waals surface area contributed by atoms with E-state index in [1.807, 2.05) is 12.1 Å². The average molecular weight is 461 g/mol. The molecule has 0 saturated carbocycles. The maximum Gasteiger partial charge on any atom is 0.260 e. The number of carbonyl (C=O) groups is 1. The van der Waals surface area contributed by atoms with E-state index in [-0.39, 0.29) is 18.3 Å². The molecule has 0 spiro atoms. The standard InChI is InChI=1S/C28H33FN4O/c1-2-26-27(30)24(28(34)33(26)20-23-8-3-4-9-25(23)29)18-21-10-12-22(13-11-21)19-31-14-7-17-32-15-5-6-16-32/h2-4,8-13,18,31H,1,5-7,14-17,19-20,30H2/b24-18+. The molecule has 4 rings (SSSR count). The Hall–Kier alpha value is -3.22. The van der Waals surface area contributed by atoms with Gasteiger partial charge < -0.3 is 20.9 Å². The number of hydrogen-bond acceptors (Lipinski definition) is 4. The van der Waals surface area contributed by atoms with Crippen molar-refractivity contribution in [1.82, 2.24) is 15.1 Å². The molecule has 1 amide bonds. The highest BCUT2D eigenvalue weighted by Crippen LogP contribution is 2.30. The van der Waals surface area contributed by atoms with Gasteiger partial charge in [0, 0.05) is 12.1 Å². The van der Waals surface area contributed by atoms with Crippen molar-refractivity contribution in [1.29, 1.82) is 0 Å². The van der Waals surface area contributed by atoms with Gasteiger partial charge in [0.1, 0.15) is 5.82 Å². The van der Waals surface area contributed by atoms with Gasteiger partial charge in [0.05, 0.1) is 23.5 Å². The van der Waals surface area contributed by atoms with Crippen molar-refractivity contribution in [2.45, 2.75) is 32.4 Å². The molecule has 0 bridgehead atoms. The number of nitrogens with one attached hydrogen (secondary N) is 1. The number of nitrogens with zero attached hydrogens (tertiary/aromatic N) is 2. The first-order chi connectivity index (χ1) is 16.6. The minimum atomic E-state index is -0.352. The van der Waals surface area contributed by atoms with Gasteiger partial charge >= 0.3 is 0 Å². The van der Waals surface area contributed by atoms with Crippen LogP contribution in [0.2, 0.25) is 0 Å². The Kier molecular flexibility index (Phi) is 7.93. The fourth-order valence-electron chi connectivity index (χ4n) is 4.53. The summed E-state index contributed by atoms with van der Waals surface area (Å²) in [5, 5.41) is 3.51. The molecule has 3 N–H and O–H groups in total. The Labute approximate surface area is 201 Å². The lowest BCUT2D eigenvalue weighted by Gasteiger charge is -2.18. The van der Waals surface area contributed by atoms with Crippen molar-refractivity contribution in [3.63, 3.8) is 0 Å². The smallest absolute Gasteiger partial charge is 0.260 e. The van der Waals surface area contributed by atoms with E-state index in [0.717, 1.165) is 25.1 Å². The van der Waals surface area contributed by atoms with Crippen LogP contribution in [0.5, 0.6) is 0 Å². The number of amides is 1. The third kappa shape index (κ3) is 5.64. The van der Waals surface area contributed by atoms with E-state index in [4.69, 9.17) is 5.73 Å². The van der Waals surface area contributed by atoms with Gasteiger partial charge in [-0.2, -0.15) is 0 Å². The largest absolute Gasteiger partial charge is 0.396 e. The second-order valence-electron chi connectivity index (χ2n) is 8.86. The minimum Gasteiger partial charge on any atom is -0.396 e. The summed E-state index contributed by atoms with van der Waals surface area (Å²) in [5.74, 6) is -0.602. The Bertz CT molecular complexity index is 1080. The number of rotatable bonds is 10. The predicted octanol–water partition coefficient (Wildman–Crippen LogP) is 4.18. The van der Waals surface area contributed by atoms with Gasteiger partial charge in [0.25, 0.3) is 5.91 Å². The van der Waals surface area contributed by atoms with Crippen LogP contribution in [0.25, 0.3) is 6.08 Å². The van der Waals surface area contributed by atoms with Crippen molar-refractivity contribution in [3.8, 4) is 0 Å². The summed E-state index contributed by atoms with van der Waals surface area (Å²) >= 11 is 0. The van der Waals surface area contributed by atoms with Crippen LogP contribution >= 0.6 is 0 Å². The molecule has 0 atom stereocenters. The van der Waals surface area contributed by atoms with Crippen LogP contribution in [0.15, 0.2) is 78.2 Å². The van der Waals surface area contributed by atoms with Gasteiger partial charge in [-0.3, -0.25) is 4.79 Å². The van der Waals surface area contributed by atoms with Crippen LogP contribution in [0.4, 0.5) is 4.39 Å². The summed E-state index contributed by atoms with van der Waals surface area (Å²) in [6.07, 6.45) is 7.17. The molecule has 178 valence electrons. The summed E-state index contributed by atoms with van der Waals surface area (Å²) in [7, 11) is 0. The van der Waals surface area contributed by atoms with E-state index < -0.39 is 0 Å². The van der Waals surface area contributed by atoms with Crippen molar-refractivity contribution in [3.05, 3.63) is 101 Å². The fourth-order valence-corrected chi connectivity index (χ4v) is 4.53. The number of hydrogen-bond donors (Lipinski definition) is 2. The highest BCUT2D eigenvalue weighted by molar-refractivity contribution is 6.06. The molecule has 0 aliphatic carbocycles. The molecule has 1 saturated heterocycles. The number of likely N-dealkylation sites (tertiary alicyclic amines) is 1. The second-order valence-corrected chi connectivity index (χ2v) is 8.86. The maximum absolute atomic E-state index is 14.1. The van der Waals surface area contributed by atoms with E-state index in [2.05, 4.69) is 28.9 Å². The van der Waals surface area contributed by atoms with Gasteiger partial charge in [-0.25, -0.2) is 4.39 Å². The fraction of sp³-hybridized carbons (Fsp3) is 0.321. The summed E-state index contributed by atoms with van der Waals surface area (Å²) in [6.45, 7) is 9.37. The van der Waals surface area contributed by atoms with E-state index in [1.165, 1.54) is 49.0 Å². The lowest BCUT2D eigenvalue weighted by molar-refractivity contribution is -0.124. The molecule has 0 aromatic heterocycles. The molecule has 2 aliphatic heterocycles. The molecule has 5 nitrogen and oxygen atoms in total. The summed E-state index contributed by atoms with van der Waals surface area (Å²) in [4.78, 5) is 17.1. The molecule has 2 aromatic carbocycles. The van der Waals surface area contributed by atoms with Gasteiger partial charge in [-0.05, 0) is 74.8 Å². The summed E-state index contributed by atoms with van der Waals surface area (Å²) in [5.41, 5.74) is 10.1. The minimum absolute atomic E-state index is 0.104. The van der Waals surface area contributed by atoms with E-state index >= 15 is 0 Å². The van der Waals surface area contributed by atoms with Crippen molar-refractivity contribution < 1.29 is 9.18 Å². The van der Waals surface area contributed by atoms with Crippen LogP contribution in [-0.2, 0) is 17.9 Å². The summed E-state index contributed by atoms with van der Waals surface area (Å²) < 4.78 is 14.1. The molecule has 2 aromatic rings. The Morgan fingerprint density at radius 1 is 1.09 bits per heavy atom. The average Bonchev–Trinajstić information content (AvgIpc) is 3.44. The SMILES string of the molecule is C=CC1=C(N)/C(=C\c2ccc(CNCCCN3CCCC3)cc2)C(=O)N1Cc1ccccc1F. The first-order valence-corrected chi connectivity index (χ1v) is 12.0. The molecule has 34 heavy (non-hydrogen) atoms. The molecule has 1 fully saturated rings. The van der Waals surface area contributed by atoms with Crippen LogP contribution in [0, 0.1) is 5.82 Å². The van der Waals surface area contributed by atoms with Gasteiger partial charge in [0.15, 0.2) is 0 Å². The highest BCUT2D eigenvalue weighted by atomic mass is 19.1. The summed E-state index contributed by atoms with van der Waals surface area (Å²) in [6, 6.07) is 14.5. The molecular formula is C28H33FN4O. The number of carbonyl (C=O) groups excluding carboxylic acids is 1. The Morgan fingerprint density at radius 2 is 1.82 bits per heavy atom. The lowest BCUT2D eigenvalue weighted by atomic mass is 10.1. The lowest BCUT2D eigenvalue weighted by Crippen LogP contribution is -2.25. The monoisotopic (exact) mass is 460 g/mol. The zero-order valence-corrected chi connectivity index (χ0v) is 19.6. The third-order valence-electron chi connectivity index (χ3n) is 6.46. The van der Waals surface area contributed by atoms with E-state index in [0.29, 0.717) is 22.5 Å². The second kappa shape index (κ2) is 11.3. The first kappa shape index (κ1) is 23.9. The van der Waals surface area contributed by atoms with Crippen molar-refractivity contribution in [2.24, 2.45) is 5.73 Å². The van der Waals surface area contributed by atoms with Crippen LogP contribution in [-0.4, -0.2) is 41.9 Å². The van der Waals surface area contributed by atoms with Crippen LogP contribution < -0.4 is 11.1 Å². The quantitative estimate of drug-likeness (QED) is 0.412. The van der Waals surface area contributed by atoms with E-state index in [9.17, 15) is 9.18 Å². The van der Waals surface area contributed by atoms with E-state index in [1.54, 1.807) is 30.4 Å². The van der Waals surface area contributed by atoms with Gasteiger partial charge in [-0.15, -0.1) is 0 Å². The molecule has 2 heterocycles. The number of allylic oxidation sites excluding steroid dienone is 1. The first-order valence-electron chi connectivity index (χ1n) is 12.0. The molecule has 2 aliphatic rings. The molecule has 6 heteroatoms. The van der Waals surface area contributed by atoms with Crippen molar-refractivity contribution >= 4 is 12.0 Å². The Balaban J connectivity index is 1.36. The molecular weight excluding hydrogens is 427 g/mol. The zero-order chi connectivity index (χ0) is 23.9. The predicted molar refractivity (Wildman–Crippen MR) is 135 cm³/mol. The molecule has 0 unspecified atom stereocenters. The topological polar surface area (TPSA) is 61.6 Å². The maximum atomic E-state index is 14.1. The van der Waals surface area contributed by atoms with Crippen LogP contribution in [0.1, 0.15) is 36.0 Å². The normalized spacial score (nSPS) is 17.9. The van der Waals surface area contributed by atoms with Crippen molar-refractivity contribution in [2.75, 3.05) is 26.2 Å². The number of nitrogens with two attached hydrogens (primary N) is 1.